The second-order valence-electron chi connectivity index (χ2n) is 4.38. The average Bonchev–Trinajstić information content (AvgIpc) is 2.45. The third kappa shape index (κ3) is 4.04. The van der Waals surface area contributed by atoms with Gasteiger partial charge in [-0.3, -0.25) is 10.2 Å². The Morgan fingerprint density at radius 2 is 1.76 bits per heavy atom. The largest absolute Gasteiger partial charge is 0.273 e. The molecule has 2 N–H and O–H groups in total. The number of rotatable bonds is 4. The Morgan fingerprint density at radius 3 is 2.38 bits per heavy atom. The maximum absolute atomic E-state index is 12.0. The minimum atomic E-state index is -3.86. The van der Waals surface area contributed by atoms with Gasteiger partial charge >= 0.3 is 0 Å². The number of sulfonamides is 1. The van der Waals surface area contributed by atoms with Crippen molar-refractivity contribution in [3.05, 3.63) is 64.7 Å². The second kappa shape index (κ2) is 6.26. The molecule has 0 fully saturated rings. The SMILES string of the molecule is Cc1ccc(C(=O)NNS(=O)(=O)c2cccc(Cl)c2)cc1. The summed E-state index contributed by atoms with van der Waals surface area (Å²) in [7, 11) is -3.86. The number of aryl methyl sites for hydroxylation is 1. The van der Waals surface area contributed by atoms with Crippen LogP contribution in [-0.2, 0) is 10.0 Å². The zero-order valence-corrected chi connectivity index (χ0v) is 12.7. The molecule has 0 aliphatic carbocycles. The summed E-state index contributed by atoms with van der Waals surface area (Å²) in [6.07, 6.45) is 0. The molecular weight excluding hydrogens is 312 g/mol. The number of halogens is 1. The molecule has 0 radical (unpaired) electrons. The van der Waals surface area contributed by atoms with E-state index in [4.69, 9.17) is 11.6 Å². The van der Waals surface area contributed by atoms with Crippen molar-refractivity contribution in [3.8, 4) is 0 Å². The third-order valence-electron chi connectivity index (χ3n) is 2.72. The fourth-order valence-corrected chi connectivity index (χ4v) is 2.72. The van der Waals surface area contributed by atoms with Gasteiger partial charge < -0.3 is 0 Å². The summed E-state index contributed by atoms with van der Waals surface area (Å²) >= 11 is 5.74. The van der Waals surface area contributed by atoms with Gasteiger partial charge in [-0.1, -0.05) is 35.4 Å². The van der Waals surface area contributed by atoms with Gasteiger partial charge in [-0.15, -0.1) is 4.83 Å². The van der Waals surface area contributed by atoms with Crippen LogP contribution in [0.3, 0.4) is 0 Å². The van der Waals surface area contributed by atoms with Crippen molar-refractivity contribution >= 4 is 27.5 Å². The van der Waals surface area contributed by atoms with Gasteiger partial charge in [0.25, 0.3) is 15.9 Å². The van der Waals surface area contributed by atoms with Crippen LogP contribution in [-0.4, -0.2) is 14.3 Å². The van der Waals surface area contributed by atoms with E-state index in [1.807, 2.05) is 11.8 Å². The van der Waals surface area contributed by atoms with Crippen LogP contribution >= 0.6 is 11.6 Å². The number of hydrazine groups is 1. The predicted molar refractivity (Wildman–Crippen MR) is 80.4 cm³/mol. The lowest BCUT2D eigenvalue weighted by atomic mass is 10.1. The number of hydrogen-bond acceptors (Lipinski definition) is 3. The van der Waals surface area contributed by atoms with Gasteiger partial charge in [0.05, 0.1) is 4.90 Å². The molecule has 0 aliphatic rings. The predicted octanol–water partition coefficient (Wildman–Crippen LogP) is 2.27. The monoisotopic (exact) mass is 324 g/mol. The van der Waals surface area contributed by atoms with Gasteiger partial charge in [0.15, 0.2) is 0 Å². The van der Waals surface area contributed by atoms with Crippen molar-refractivity contribution in [3.63, 3.8) is 0 Å². The first kappa shape index (κ1) is 15.5. The van der Waals surface area contributed by atoms with Crippen LogP contribution in [0.2, 0.25) is 5.02 Å². The fraction of sp³-hybridized carbons (Fsp3) is 0.0714. The molecule has 0 atom stereocenters. The summed E-state index contributed by atoms with van der Waals surface area (Å²) in [5, 5.41) is 0.294. The number of nitrogens with one attached hydrogen (secondary N) is 2. The van der Waals surface area contributed by atoms with E-state index >= 15 is 0 Å². The Bertz CT molecular complexity index is 758. The van der Waals surface area contributed by atoms with Crippen LogP contribution in [0, 0.1) is 6.92 Å². The van der Waals surface area contributed by atoms with Crippen LogP contribution in [0.1, 0.15) is 15.9 Å². The lowest BCUT2D eigenvalue weighted by Crippen LogP contribution is -2.41. The van der Waals surface area contributed by atoms with E-state index in [0.717, 1.165) is 5.56 Å². The van der Waals surface area contributed by atoms with E-state index in [-0.39, 0.29) is 4.90 Å². The minimum Gasteiger partial charge on any atom is -0.273 e. The molecule has 21 heavy (non-hydrogen) atoms. The Morgan fingerprint density at radius 1 is 1.10 bits per heavy atom. The Kier molecular flexibility index (Phi) is 4.62. The maximum atomic E-state index is 12.0. The molecule has 0 bridgehead atoms. The topological polar surface area (TPSA) is 75.3 Å². The van der Waals surface area contributed by atoms with Crippen molar-refractivity contribution in [2.45, 2.75) is 11.8 Å². The van der Waals surface area contributed by atoms with Gasteiger partial charge in [0.2, 0.25) is 0 Å². The first-order valence-corrected chi connectivity index (χ1v) is 7.89. The zero-order chi connectivity index (χ0) is 15.5. The summed E-state index contributed by atoms with van der Waals surface area (Å²) in [4.78, 5) is 13.8. The van der Waals surface area contributed by atoms with Crippen LogP contribution < -0.4 is 10.3 Å². The normalized spacial score (nSPS) is 11.1. The Balaban J connectivity index is 2.08. The van der Waals surface area contributed by atoms with E-state index in [2.05, 4.69) is 5.43 Å². The van der Waals surface area contributed by atoms with Crippen molar-refractivity contribution in [2.75, 3.05) is 0 Å². The molecule has 2 rings (SSSR count). The molecule has 5 nitrogen and oxygen atoms in total. The molecule has 0 saturated carbocycles. The summed E-state index contributed by atoms with van der Waals surface area (Å²) in [6.45, 7) is 1.89. The van der Waals surface area contributed by atoms with Crippen molar-refractivity contribution in [1.29, 1.82) is 0 Å². The van der Waals surface area contributed by atoms with Gasteiger partial charge in [-0.05, 0) is 37.3 Å². The number of benzene rings is 2. The van der Waals surface area contributed by atoms with Crippen molar-refractivity contribution in [2.24, 2.45) is 0 Å². The molecule has 0 saturated heterocycles. The molecule has 110 valence electrons. The first-order chi connectivity index (χ1) is 9.88. The number of hydrogen-bond donors (Lipinski definition) is 2. The van der Waals surface area contributed by atoms with E-state index in [1.54, 1.807) is 30.3 Å². The van der Waals surface area contributed by atoms with Crippen molar-refractivity contribution < 1.29 is 13.2 Å². The molecule has 2 aromatic carbocycles. The molecule has 2 aromatic rings. The number of carbonyl (C=O) groups is 1. The van der Waals surface area contributed by atoms with Crippen LogP contribution in [0.15, 0.2) is 53.4 Å². The molecule has 0 aromatic heterocycles. The molecule has 7 heteroatoms. The number of carbonyl (C=O) groups excluding carboxylic acids is 1. The second-order valence-corrected chi connectivity index (χ2v) is 6.50. The molecule has 1 amide bonds. The van der Waals surface area contributed by atoms with Crippen LogP contribution in [0.4, 0.5) is 0 Å². The molecule has 0 aliphatic heterocycles. The summed E-state index contributed by atoms with van der Waals surface area (Å²) in [6, 6.07) is 12.5. The van der Waals surface area contributed by atoms with E-state index < -0.39 is 15.9 Å². The highest BCUT2D eigenvalue weighted by Gasteiger charge is 2.15. The smallest absolute Gasteiger partial charge is 0.266 e. The molecular formula is C14H13ClN2O3S. The maximum Gasteiger partial charge on any atom is 0.266 e. The molecule has 0 unspecified atom stereocenters. The first-order valence-electron chi connectivity index (χ1n) is 6.03. The highest BCUT2D eigenvalue weighted by atomic mass is 35.5. The van der Waals surface area contributed by atoms with E-state index in [0.29, 0.717) is 10.6 Å². The standard InChI is InChI=1S/C14H13ClN2O3S/c1-10-5-7-11(8-6-10)14(18)16-17-21(19,20)13-4-2-3-12(15)9-13/h2-9,17H,1H3,(H,16,18). The lowest BCUT2D eigenvalue weighted by molar-refractivity contribution is 0.0945. The highest BCUT2D eigenvalue weighted by Crippen LogP contribution is 2.14. The quantitative estimate of drug-likeness (QED) is 0.847. The fourth-order valence-electron chi connectivity index (χ4n) is 1.58. The summed E-state index contributed by atoms with van der Waals surface area (Å²) in [5.41, 5.74) is 3.52. The Hall–Kier alpha value is -1.89. The van der Waals surface area contributed by atoms with E-state index in [9.17, 15) is 13.2 Å². The third-order valence-corrected chi connectivity index (χ3v) is 4.20. The van der Waals surface area contributed by atoms with Gasteiger partial charge in [-0.2, -0.15) is 0 Å². The summed E-state index contributed by atoms with van der Waals surface area (Å²) < 4.78 is 24.0. The zero-order valence-electron chi connectivity index (χ0n) is 11.1. The molecule has 0 heterocycles. The molecule has 0 spiro atoms. The van der Waals surface area contributed by atoms with Gasteiger partial charge in [0, 0.05) is 10.6 Å². The van der Waals surface area contributed by atoms with Gasteiger partial charge in [0.1, 0.15) is 0 Å². The van der Waals surface area contributed by atoms with Crippen molar-refractivity contribution in [1.82, 2.24) is 10.3 Å². The Labute approximate surface area is 128 Å². The minimum absolute atomic E-state index is 0.0285. The van der Waals surface area contributed by atoms with E-state index in [1.165, 1.54) is 18.2 Å². The number of amides is 1. The van der Waals surface area contributed by atoms with Crippen LogP contribution in [0.5, 0.6) is 0 Å². The average molecular weight is 325 g/mol. The van der Waals surface area contributed by atoms with Crippen LogP contribution in [0.25, 0.3) is 0 Å². The lowest BCUT2D eigenvalue weighted by Gasteiger charge is -2.08. The highest BCUT2D eigenvalue weighted by molar-refractivity contribution is 7.89. The van der Waals surface area contributed by atoms with Gasteiger partial charge in [-0.25, -0.2) is 8.42 Å². The summed E-state index contributed by atoms with van der Waals surface area (Å²) in [5.74, 6) is -0.541.